The number of nitrogens with one attached hydrogen (secondary N) is 1. The molecule has 0 atom stereocenters. The Morgan fingerprint density at radius 1 is 1.04 bits per heavy atom. The summed E-state index contributed by atoms with van der Waals surface area (Å²) >= 11 is 0. The Balaban J connectivity index is 1.79. The van der Waals surface area contributed by atoms with Gasteiger partial charge in [-0.1, -0.05) is 37.5 Å². The third kappa shape index (κ3) is 4.04. The van der Waals surface area contributed by atoms with Crippen molar-refractivity contribution < 1.29 is 9.59 Å². The molecule has 2 aromatic rings. The first-order chi connectivity index (χ1) is 12.6. The van der Waals surface area contributed by atoms with Crippen LogP contribution in [0.2, 0.25) is 0 Å². The highest BCUT2D eigenvalue weighted by molar-refractivity contribution is 6.09. The molecular weight excluding hydrogens is 326 g/mol. The molecule has 2 aromatic carbocycles. The van der Waals surface area contributed by atoms with E-state index in [0.29, 0.717) is 22.5 Å². The third-order valence-corrected chi connectivity index (χ3v) is 5.00. The largest absolute Gasteiger partial charge is 0.399 e. The molecule has 3 N–H and O–H groups in total. The van der Waals surface area contributed by atoms with Gasteiger partial charge in [0.1, 0.15) is 0 Å². The van der Waals surface area contributed by atoms with Gasteiger partial charge in [-0.05, 0) is 43.2 Å². The monoisotopic (exact) mass is 351 g/mol. The van der Waals surface area contributed by atoms with Crippen LogP contribution in [0.3, 0.4) is 0 Å². The second-order valence-corrected chi connectivity index (χ2v) is 6.83. The van der Waals surface area contributed by atoms with E-state index in [0.717, 1.165) is 25.7 Å². The maximum atomic E-state index is 13.0. The average Bonchev–Trinajstić information content (AvgIpc) is 2.68. The summed E-state index contributed by atoms with van der Waals surface area (Å²) < 4.78 is 0. The molecule has 0 radical (unpaired) electrons. The van der Waals surface area contributed by atoms with Gasteiger partial charge in [0.15, 0.2) is 0 Å². The fourth-order valence-corrected chi connectivity index (χ4v) is 3.48. The van der Waals surface area contributed by atoms with E-state index in [1.54, 1.807) is 36.4 Å². The predicted molar refractivity (Wildman–Crippen MR) is 104 cm³/mol. The van der Waals surface area contributed by atoms with Crippen LogP contribution in [-0.4, -0.2) is 29.8 Å². The zero-order valence-corrected chi connectivity index (χ0v) is 15.1. The van der Waals surface area contributed by atoms with E-state index in [9.17, 15) is 9.59 Å². The molecule has 1 fully saturated rings. The van der Waals surface area contributed by atoms with Crippen LogP contribution >= 0.6 is 0 Å². The number of para-hydroxylation sites is 1. The van der Waals surface area contributed by atoms with E-state index in [4.69, 9.17) is 5.73 Å². The summed E-state index contributed by atoms with van der Waals surface area (Å²) in [7, 11) is 1.86. The summed E-state index contributed by atoms with van der Waals surface area (Å²) in [6.07, 6.45) is 5.65. The lowest BCUT2D eigenvalue weighted by molar-refractivity contribution is 0.0697. The lowest BCUT2D eigenvalue weighted by Crippen LogP contribution is -2.38. The Hall–Kier alpha value is -2.82. The SMILES string of the molecule is CN(C(=O)c1ccccc1NC(=O)c1cccc(N)c1)C1CCCCC1. The summed E-state index contributed by atoms with van der Waals surface area (Å²) in [6.45, 7) is 0. The number of nitrogen functional groups attached to an aromatic ring is 1. The van der Waals surface area contributed by atoms with Gasteiger partial charge >= 0.3 is 0 Å². The number of carbonyl (C=O) groups excluding carboxylic acids is 2. The van der Waals surface area contributed by atoms with E-state index in [1.807, 2.05) is 24.1 Å². The van der Waals surface area contributed by atoms with E-state index in [1.165, 1.54) is 6.42 Å². The molecule has 0 spiro atoms. The zero-order chi connectivity index (χ0) is 18.5. The van der Waals surface area contributed by atoms with Crippen LogP contribution in [0, 0.1) is 0 Å². The van der Waals surface area contributed by atoms with E-state index in [2.05, 4.69) is 5.32 Å². The van der Waals surface area contributed by atoms with E-state index < -0.39 is 0 Å². The van der Waals surface area contributed by atoms with Gasteiger partial charge in [-0.15, -0.1) is 0 Å². The fourth-order valence-electron chi connectivity index (χ4n) is 3.48. The topological polar surface area (TPSA) is 75.4 Å². The van der Waals surface area contributed by atoms with Crippen molar-refractivity contribution in [3.8, 4) is 0 Å². The van der Waals surface area contributed by atoms with Crippen LogP contribution in [-0.2, 0) is 0 Å². The molecular formula is C21H25N3O2. The Bertz CT molecular complexity index is 797. The van der Waals surface area contributed by atoms with Gasteiger partial charge in [-0.25, -0.2) is 0 Å². The van der Waals surface area contributed by atoms with Crippen molar-refractivity contribution in [2.24, 2.45) is 0 Å². The van der Waals surface area contributed by atoms with Gasteiger partial charge in [0.05, 0.1) is 11.3 Å². The number of nitrogens with two attached hydrogens (primary N) is 1. The van der Waals surface area contributed by atoms with Gasteiger partial charge in [-0.3, -0.25) is 9.59 Å². The number of benzene rings is 2. The van der Waals surface area contributed by atoms with E-state index >= 15 is 0 Å². The van der Waals surface area contributed by atoms with Crippen molar-refractivity contribution in [1.82, 2.24) is 4.90 Å². The summed E-state index contributed by atoms with van der Waals surface area (Å²) in [5.74, 6) is -0.335. The predicted octanol–water partition coefficient (Wildman–Crippen LogP) is 3.93. The van der Waals surface area contributed by atoms with Gasteiger partial charge in [0.25, 0.3) is 11.8 Å². The highest BCUT2D eigenvalue weighted by Gasteiger charge is 2.24. The Morgan fingerprint density at radius 2 is 1.77 bits per heavy atom. The minimum absolute atomic E-state index is 0.0552. The number of anilines is 2. The summed E-state index contributed by atoms with van der Waals surface area (Å²) in [5.41, 5.74) is 7.77. The first kappa shape index (κ1) is 18.0. The Morgan fingerprint density at radius 3 is 2.50 bits per heavy atom. The number of nitrogens with zero attached hydrogens (tertiary/aromatic N) is 1. The minimum atomic E-state index is -0.280. The highest BCUT2D eigenvalue weighted by Crippen LogP contribution is 2.25. The van der Waals surface area contributed by atoms with Crippen LogP contribution in [0.4, 0.5) is 11.4 Å². The lowest BCUT2D eigenvalue weighted by atomic mass is 9.94. The van der Waals surface area contributed by atoms with Crippen LogP contribution in [0.15, 0.2) is 48.5 Å². The van der Waals surface area contributed by atoms with Gasteiger partial charge in [0, 0.05) is 24.3 Å². The normalized spacial score (nSPS) is 14.7. The van der Waals surface area contributed by atoms with Crippen molar-refractivity contribution >= 4 is 23.2 Å². The average molecular weight is 351 g/mol. The van der Waals surface area contributed by atoms with Crippen molar-refractivity contribution in [3.05, 3.63) is 59.7 Å². The van der Waals surface area contributed by atoms with E-state index in [-0.39, 0.29) is 17.9 Å². The summed E-state index contributed by atoms with van der Waals surface area (Å²) in [4.78, 5) is 27.3. The molecule has 26 heavy (non-hydrogen) atoms. The molecule has 1 aliphatic carbocycles. The molecule has 0 aromatic heterocycles. The quantitative estimate of drug-likeness (QED) is 0.820. The molecule has 0 heterocycles. The smallest absolute Gasteiger partial charge is 0.255 e. The Kier molecular flexibility index (Phi) is 5.56. The molecule has 0 bridgehead atoms. The number of hydrogen-bond donors (Lipinski definition) is 2. The number of rotatable bonds is 4. The molecule has 1 aliphatic rings. The van der Waals surface area contributed by atoms with Crippen molar-refractivity contribution in [1.29, 1.82) is 0 Å². The third-order valence-electron chi connectivity index (χ3n) is 5.00. The van der Waals surface area contributed by atoms with Crippen molar-refractivity contribution in [3.63, 3.8) is 0 Å². The second-order valence-electron chi connectivity index (χ2n) is 6.83. The van der Waals surface area contributed by atoms with Crippen LogP contribution in [0.25, 0.3) is 0 Å². The molecule has 136 valence electrons. The number of amides is 2. The Labute approximate surface area is 154 Å². The molecule has 0 unspecified atom stereocenters. The van der Waals surface area contributed by atoms with Gasteiger partial charge in [-0.2, -0.15) is 0 Å². The maximum absolute atomic E-state index is 13.0. The van der Waals surface area contributed by atoms with Crippen LogP contribution < -0.4 is 11.1 Å². The number of carbonyl (C=O) groups is 2. The van der Waals surface area contributed by atoms with Crippen LogP contribution in [0.5, 0.6) is 0 Å². The van der Waals surface area contributed by atoms with Crippen molar-refractivity contribution in [2.75, 3.05) is 18.1 Å². The second kappa shape index (κ2) is 8.04. The number of hydrogen-bond acceptors (Lipinski definition) is 3. The molecule has 2 amide bonds. The molecule has 0 aliphatic heterocycles. The molecule has 0 saturated heterocycles. The zero-order valence-electron chi connectivity index (χ0n) is 15.1. The fraction of sp³-hybridized carbons (Fsp3) is 0.333. The lowest BCUT2D eigenvalue weighted by Gasteiger charge is -2.31. The molecule has 5 nitrogen and oxygen atoms in total. The standard InChI is InChI=1S/C21H25N3O2/c1-24(17-10-3-2-4-11-17)21(26)18-12-5-6-13-19(18)23-20(25)15-8-7-9-16(22)14-15/h5-9,12-14,17H,2-4,10-11,22H2,1H3,(H,23,25). The first-order valence-electron chi connectivity index (χ1n) is 9.09. The highest BCUT2D eigenvalue weighted by atomic mass is 16.2. The van der Waals surface area contributed by atoms with Gasteiger partial charge < -0.3 is 16.0 Å². The van der Waals surface area contributed by atoms with Crippen LogP contribution in [0.1, 0.15) is 52.8 Å². The van der Waals surface area contributed by atoms with Gasteiger partial charge in [0.2, 0.25) is 0 Å². The minimum Gasteiger partial charge on any atom is -0.399 e. The first-order valence-corrected chi connectivity index (χ1v) is 9.09. The summed E-state index contributed by atoms with van der Waals surface area (Å²) in [5, 5.41) is 2.85. The molecule has 1 saturated carbocycles. The molecule has 5 heteroatoms. The maximum Gasteiger partial charge on any atom is 0.255 e. The summed E-state index contributed by atoms with van der Waals surface area (Å²) in [6, 6.07) is 14.2. The van der Waals surface area contributed by atoms with Crippen molar-refractivity contribution in [2.45, 2.75) is 38.1 Å². The molecule has 3 rings (SSSR count).